The molecule has 0 fully saturated rings. The largest absolute Gasteiger partial charge is 1.00 e. The fraction of sp³-hybridized carbons (Fsp3) is 0.500. The first kappa shape index (κ1) is 11.7. The number of hydrogen-bond donors (Lipinski definition) is 0. The quantitative estimate of drug-likeness (QED) is 0.608. The molecular weight excluding hydrogens is 195 g/mol. The number of carbonyl (C=O) groups excluding carboxylic acids is 1. The van der Waals surface area contributed by atoms with Gasteiger partial charge in [0.25, 0.3) is 0 Å². The van der Waals surface area contributed by atoms with Gasteiger partial charge in [-0.25, -0.2) is 0 Å². The Morgan fingerprint density at radius 3 is 1.92 bits per heavy atom. The Morgan fingerprint density at radius 1 is 1.25 bits per heavy atom. The Bertz CT molecular complexity index is 269. The molecule has 1 radical (unpaired) electrons. The van der Waals surface area contributed by atoms with Gasteiger partial charge in [-0.3, -0.25) is 0 Å². The first-order chi connectivity index (χ1) is 5.09. The predicted octanol–water partition coefficient (Wildman–Crippen LogP) is 2.62. The third-order valence-corrected chi connectivity index (χ3v) is 2.75. The molecule has 0 aromatic rings. The van der Waals surface area contributed by atoms with Crippen LogP contribution >= 0.6 is 0 Å². The van der Waals surface area contributed by atoms with Gasteiger partial charge in [-0.15, -0.1) is 12.5 Å². The second kappa shape index (κ2) is 4.05. The van der Waals surface area contributed by atoms with E-state index in [4.69, 9.17) is 0 Å². The van der Waals surface area contributed by atoms with Gasteiger partial charge in [-0.1, -0.05) is 19.4 Å². The molecule has 12 heavy (non-hydrogen) atoms. The van der Waals surface area contributed by atoms with Crippen LogP contribution in [0, 0.1) is 5.92 Å². The maximum absolute atomic E-state index is 10.5. The van der Waals surface area contributed by atoms with Crippen molar-refractivity contribution in [1.29, 1.82) is 0 Å². The van der Waals surface area contributed by atoms with E-state index in [1.807, 2.05) is 13.2 Å². The number of rotatable bonds is 1. The summed E-state index contributed by atoms with van der Waals surface area (Å²) in [5.74, 6) is 0.285. The van der Waals surface area contributed by atoms with E-state index in [1.165, 1.54) is 11.1 Å². The molecule has 73 valence electrons. The minimum absolute atomic E-state index is 0. The summed E-state index contributed by atoms with van der Waals surface area (Å²) in [6.45, 7) is 8.18. The van der Waals surface area contributed by atoms with Gasteiger partial charge < -0.3 is 7.65 Å². The molecule has 0 amide bonds. The van der Waals surface area contributed by atoms with E-state index < -0.39 is 0 Å². The summed E-state index contributed by atoms with van der Waals surface area (Å²) in [6, 6.07) is 0. The van der Waals surface area contributed by atoms with Gasteiger partial charge >= 0.3 is 0 Å². The molecule has 0 heterocycles. The van der Waals surface area contributed by atoms with Gasteiger partial charge in [0.1, 0.15) is 0 Å². The molecule has 0 spiro atoms. The predicted molar refractivity (Wildman–Crippen MR) is 48.2 cm³/mol. The molecule has 0 N–H and O–H groups in total. The normalized spacial score (nSPS) is 22.8. The van der Waals surface area contributed by atoms with Crippen molar-refractivity contribution in [2.75, 3.05) is 0 Å². The van der Waals surface area contributed by atoms with E-state index in [1.54, 1.807) is 0 Å². The third kappa shape index (κ3) is 1.54. The summed E-state index contributed by atoms with van der Waals surface area (Å²) in [7, 11) is 0. The Morgan fingerprint density at radius 2 is 1.75 bits per heavy atom. The molecule has 1 rings (SSSR count). The van der Waals surface area contributed by atoms with Crippen LogP contribution in [0.4, 0.5) is 0 Å². The molecule has 0 aliphatic heterocycles. The third-order valence-electron chi connectivity index (χ3n) is 2.75. The average Bonchev–Trinajstić information content (AvgIpc) is 2.17. The molecule has 1 unspecified atom stereocenters. The maximum Gasteiger partial charge on any atom is 0 e. The van der Waals surface area contributed by atoms with E-state index in [0.29, 0.717) is 0 Å². The molecule has 0 aromatic heterocycles. The van der Waals surface area contributed by atoms with Crippen LogP contribution in [0.2, 0.25) is 0 Å². The topological polar surface area (TPSA) is 17.1 Å². The maximum atomic E-state index is 10.5. The molecule has 0 saturated heterocycles. The first-order valence-electron chi connectivity index (χ1n) is 3.86. The van der Waals surface area contributed by atoms with Crippen LogP contribution in [0.3, 0.4) is 0 Å². The van der Waals surface area contributed by atoms with Crippen LogP contribution in [0.15, 0.2) is 22.3 Å². The Labute approximate surface area is 87.1 Å². The fourth-order valence-electron chi connectivity index (χ4n) is 1.53. The van der Waals surface area contributed by atoms with E-state index in [9.17, 15) is 4.79 Å². The standard InChI is InChI=1S/C10H13O.Co.2H/c1-6-7(2)9(4)10(5-11)8(6)3;;;/h8H,1-4H3;;;/q-1;;2*-1. The summed E-state index contributed by atoms with van der Waals surface area (Å²) in [4.78, 5) is 10.5. The zero-order valence-corrected chi connectivity index (χ0v) is 8.86. The van der Waals surface area contributed by atoms with E-state index in [-0.39, 0.29) is 25.5 Å². The molecule has 0 aromatic carbocycles. The van der Waals surface area contributed by atoms with Crippen molar-refractivity contribution < 1.29 is 24.4 Å². The summed E-state index contributed by atoms with van der Waals surface area (Å²) >= 11 is 0. The molecule has 1 aliphatic carbocycles. The second-order valence-electron chi connectivity index (χ2n) is 3.17. The molecule has 1 aliphatic rings. The van der Waals surface area contributed by atoms with Crippen LogP contribution in [0.1, 0.15) is 30.5 Å². The summed E-state index contributed by atoms with van der Waals surface area (Å²) in [6.07, 6.45) is 2.01. The molecule has 2 heteroatoms. The summed E-state index contributed by atoms with van der Waals surface area (Å²) in [5.41, 5.74) is 4.52. The van der Waals surface area contributed by atoms with Crippen LogP contribution in [-0.2, 0) is 21.6 Å². The zero-order valence-electron chi connectivity index (χ0n) is 9.82. The van der Waals surface area contributed by atoms with Crippen molar-refractivity contribution in [2.45, 2.75) is 27.7 Å². The van der Waals surface area contributed by atoms with Gasteiger partial charge in [-0.05, 0) is 19.1 Å². The van der Waals surface area contributed by atoms with Crippen molar-refractivity contribution in [1.82, 2.24) is 0 Å². The van der Waals surface area contributed by atoms with Crippen molar-refractivity contribution in [3.63, 3.8) is 0 Å². The van der Waals surface area contributed by atoms with Crippen LogP contribution < -0.4 is 0 Å². The van der Waals surface area contributed by atoms with Crippen LogP contribution in [-0.4, -0.2) is 6.29 Å². The molecule has 1 atom stereocenters. The number of hydrogen-bond acceptors (Lipinski definition) is 1. The van der Waals surface area contributed by atoms with Gasteiger partial charge in [0.15, 0.2) is 0 Å². The SMILES string of the molecule is CC1=C(C)C(C)C([C-]=O)=C1C.[Co].[H-].[H-]. The van der Waals surface area contributed by atoms with Crippen molar-refractivity contribution in [3.8, 4) is 0 Å². The second-order valence-corrected chi connectivity index (χ2v) is 3.17. The van der Waals surface area contributed by atoms with Gasteiger partial charge in [0, 0.05) is 16.8 Å². The molecular formula is C10H15CoO-3. The molecule has 0 bridgehead atoms. The van der Waals surface area contributed by atoms with E-state index >= 15 is 0 Å². The molecule has 1 nitrogen and oxygen atoms in total. The first-order valence-corrected chi connectivity index (χ1v) is 3.86. The Kier molecular flexibility index (Phi) is 3.94. The van der Waals surface area contributed by atoms with Crippen molar-refractivity contribution >= 4 is 6.29 Å². The van der Waals surface area contributed by atoms with E-state index in [2.05, 4.69) is 20.8 Å². The summed E-state index contributed by atoms with van der Waals surface area (Å²) < 4.78 is 0. The average molecular weight is 210 g/mol. The Hall–Kier alpha value is -0.344. The van der Waals surface area contributed by atoms with E-state index in [0.717, 1.165) is 11.1 Å². The minimum Gasteiger partial charge on any atom is -1.00 e. The van der Waals surface area contributed by atoms with Crippen LogP contribution in [0.5, 0.6) is 0 Å². The van der Waals surface area contributed by atoms with Crippen molar-refractivity contribution in [3.05, 3.63) is 22.3 Å². The van der Waals surface area contributed by atoms with Crippen LogP contribution in [0.25, 0.3) is 0 Å². The monoisotopic (exact) mass is 210 g/mol. The van der Waals surface area contributed by atoms with Gasteiger partial charge in [0.05, 0.1) is 0 Å². The number of allylic oxidation sites excluding steroid dienone is 4. The minimum atomic E-state index is 0. The van der Waals surface area contributed by atoms with Crippen molar-refractivity contribution in [2.24, 2.45) is 5.92 Å². The fourth-order valence-corrected chi connectivity index (χ4v) is 1.53. The molecule has 0 saturated carbocycles. The van der Waals surface area contributed by atoms with Gasteiger partial charge in [-0.2, -0.15) is 11.1 Å². The smallest absolute Gasteiger partial charge is 0 e. The van der Waals surface area contributed by atoms with Gasteiger partial charge in [0.2, 0.25) is 0 Å². The zero-order chi connectivity index (χ0) is 8.59. The Balaban J connectivity index is -0.000000403. The summed E-state index contributed by atoms with van der Waals surface area (Å²) in [5, 5.41) is 0.